The van der Waals surface area contributed by atoms with Crippen molar-refractivity contribution in [2.75, 3.05) is 12.3 Å². The van der Waals surface area contributed by atoms with Gasteiger partial charge in [0.25, 0.3) is 5.56 Å². The Labute approximate surface area is 172 Å². The topological polar surface area (TPSA) is 72.5 Å². The van der Waals surface area contributed by atoms with Gasteiger partial charge < -0.3 is 9.30 Å². The Kier molecular flexibility index (Phi) is 4.66. The molecule has 1 unspecified atom stereocenters. The number of carbonyl (C=O) groups excluding carboxylic acids is 1. The molecule has 29 heavy (non-hydrogen) atoms. The van der Waals surface area contributed by atoms with Crippen molar-refractivity contribution >= 4 is 23.3 Å². The van der Waals surface area contributed by atoms with Crippen LogP contribution in [-0.4, -0.2) is 42.0 Å². The minimum absolute atomic E-state index is 0.0595. The van der Waals surface area contributed by atoms with Crippen molar-refractivity contribution in [3.8, 4) is 0 Å². The van der Waals surface area contributed by atoms with E-state index in [1.165, 1.54) is 0 Å². The highest BCUT2D eigenvalue weighted by molar-refractivity contribution is 7.99. The van der Waals surface area contributed by atoms with Gasteiger partial charge in [0.1, 0.15) is 5.65 Å². The lowest BCUT2D eigenvalue weighted by molar-refractivity contribution is -0.132. The van der Waals surface area contributed by atoms with Crippen LogP contribution in [0.25, 0.3) is 5.65 Å². The minimum Gasteiger partial charge on any atom is -0.337 e. The van der Waals surface area contributed by atoms with Gasteiger partial charge in [0.05, 0.1) is 30.2 Å². The molecule has 150 valence electrons. The molecular formula is C21H23N5O2S. The van der Waals surface area contributed by atoms with Crippen molar-refractivity contribution in [2.45, 2.75) is 50.4 Å². The van der Waals surface area contributed by atoms with Crippen molar-refractivity contribution in [2.24, 2.45) is 0 Å². The second-order valence-corrected chi connectivity index (χ2v) is 8.59. The molecule has 0 aromatic carbocycles. The van der Waals surface area contributed by atoms with Crippen LogP contribution in [0, 0.1) is 0 Å². The summed E-state index contributed by atoms with van der Waals surface area (Å²) in [6, 6.07) is 5.74. The third-order valence-electron chi connectivity index (χ3n) is 5.86. The molecule has 8 heteroatoms. The Morgan fingerprint density at radius 1 is 1.34 bits per heavy atom. The van der Waals surface area contributed by atoms with Gasteiger partial charge in [0, 0.05) is 30.5 Å². The van der Waals surface area contributed by atoms with Crippen LogP contribution in [0.5, 0.6) is 0 Å². The second kappa shape index (κ2) is 7.33. The Hall–Kier alpha value is -2.61. The first-order chi connectivity index (χ1) is 14.2. The summed E-state index contributed by atoms with van der Waals surface area (Å²) >= 11 is 1.59. The summed E-state index contributed by atoms with van der Waals surface area (Å²) in [7, 11) is 0. The number of thioether (sulfide) groups is 1. The highest BCUT2D eigenvalue weighted by Gasteiger charge is 2.32. The van der Waals surface area contributed by atoms with Gasteiger partial charge in [-0.25, -0.2) is 9.97 Å². The van der Waals surface area contributed by atoms with Crippen LogP contribution in [0.15, 0.2) is 40.5 Å². The molecule has 1 aliphatic heterocycles. The first-order valence-electron chi connectivity index (χ1n) is 10.1. The lowest BCUT2D eigenvalue weighted by Gasteiger charge is -2.23. The predicted octanol–water partition coefficient (Wildman–Crippen LogP) is 2.47. The van der Waals surface area contributed by atoms with E-state index in [0.29, 0.717) is 19.5 Å². The molecule has 3 aromatic heterocycles. The smallest absolute Gasteiger partial charge is 0.257 e. The molecular weight excluding hydrogens is 386 g/mol. The molecule has 1 amide bonds. The number of hydrogen-bond donors (Lipinski definition) is 0. The number of carbonyl (C=O) groups is 1. The number of pyridine rings is 1. The van der Waals surface area contributed by atoms with Gasteiger partial charge >= 0.3 is 0 Å². The van der Waals surface area contributed by atoms with Crippen molar-refractivity contribution in [1.82, 2.24) is 23.8 Å². The van der Waals surface area contributed by atoms with Gasteiger partial charge in [-0.1, -0.05) is 17.8 Å². The number of nitrogens with zero attached hydrogens (tertiary/aromatic N) is 5. The first kappa shape index (κ1) is 18.4. The van der Waals surface area contributed by atoms with Crippen LogP contribution in [0.1, 0.15) is 42.8 Å². The average molecular weight is 410 g/mol. The van der Waals surface area contributed by atoms with Crippen LogP contribution in [0.4, 0.5) is 0 Å². The van der Waals surface area contributed by atoms with Gasteiger partial charge in [-0.05, 0) is 38.3 Å². The average Bonchev–Trinajstić information content (AvgIpc) is 3.45. The quantitative estimate of drug-likeness (QED) is 0.606. The van der Waals surface area contributed by atoms with E-state index in [0.717, 1.165) is 52.8 Å². The number of amides is 1. The van der Waals surface area contributed by atoms with Crippen LogP contribution < -0.4 is 5.56 Å². The fraction of sp³-hybridized carbons (Fsp3) is 0.429. The van der Waals surface area contributed by atoms with Crippen molar-refractivity contribution in [1.29, 1.82) is 0 Å². The zero-order valence-electron chi connectivity index (χ0n) is 16.4. The van der Waals surface area contributed by atoms with Gasteiger partial charge in [0.15, 0.2) is 5.16 Å². The van der Waals surface area contributed by atoms with E-state index in [9.17, 15) is 9.59 Å². The van der Waals surface area contributed by atoms with Gasteiger partial charge in [-0.15, -0.1) is 0 Å². The zero-order chi connectivity index (χ0) is 20.0. The zero-order valence-corrected chi connectivity index (χ0v) is 17.2. The van der Waals surface area contributed by atoms with Crippen LogP contribution >= 0.6 is 11.8 Å². The molecule has 3 aromatic rings. The highest BCUT2D eigenvalue weighted by atomic mass is 32.2. The lowest BCUT2D eigenvalue weighted by Crippen LogP contribution is -2.35. The minimum atomic E-state index is -0.121. The van der Waals surface area contributed by atoms with Gasteiger partial charge in [-0.2, -0.15) is 0 Å². The molecule has 0 spiro atoms. The molecule has 0 bridgehead atoms. The molecule has 0 saturated heterocycles. The predicted molar refractivity (Wildman–Crippen MR) is 111 cm³/mol. The molecule has 5 rings (SSSR count). The summed E-state index contributed by atoms with van der Waals surface area (Å²) in [5.74, 6) is 0.786. The number of fused-ring (bicyclic) bond motifs is 3. The van der Waals surface area contributed by atoms with Crippen LogP contribution in [-0.2, 0) is 24.2 Å². The Balaban J connectivity index is 1.36. The van der Waals surface area contributed by atoms with E-state index in [2.05, 4.69) is 4.98 Å². The first-order valence-corrected chi connectivity index (χ1v) is 11.1. The number of imidazole rings is 1. The summed E-state index contributed by atoms with van der Waals surface area (Å²) in [5.41, 5.74) is 3.73. The maximum Gasteiger partial charge on any atom is 0.257 e. The standard InChI is InChI=1S/C21H23N5O2S/c1-2-24(12-15-11-22-18-8-3-4-9-25(15)18)19(27)10-14-13-29-21-23-17-7-5-6-16(17)20(28)26(14)21/h3-4,8-9,11,14H,2,5-7,10,12-13H2,1H3. The van der Waals surface area contributed by atoms with E-state index in [-0.39, 0.29) is 17.5 Å². The summed E-state index contributed by atoms with van der Waals surface area (Å²) in [6.45, 7) is 3.10. The molecule has 0 saturated carbocycles. The van der Waals surface area contributed by atoms with Gasteiger partial charge in [0.2, 0.25) is 5.91 Å². The summed E-state index contributed by atoms with van der Waals surface area (Å²) < 4.78 is 3.78. The van der Waals surface area contributed by atoms with Crippen molar-refractivity contribution in [3.05, 3.63) is 57.9 Å². The molecule has 0 radical (unpaired) electrons. The highest BCUT2D eigenvalue weighted by Crippen LogP contribution is 2.34. The summed E-state index contributed by atoms with van der Waals surface area (Å²) in [6.07, 6.45) is 6.81. The lowest BCUT2D eigenvalue weighted by atomic mass is 10.2. The number of aromatic nitrogens is 4. The van der Waals surface area contributed by atoms with E-state index in [1.54, 1.807) is 16.3 Å². The SMILES string of the molecule is CCN(Cc1cnc2ccccn12)C(=O)CC1CSc2nc3c(c(=O)n21)CCC3. The normalized spacial score (nSPS) is 17.5. The Bertz CT molecular complexity index is 1150. The maximum atomic E-state index is 13.1. The molecule has 0 fully saturated rings. The molecule has 2 aliphatic rings. The van der Waals surface area contributed by atoms with Crippen LogP contribution in [0.2, 0.25) is 0 Å². The summed E-state index contributed by atoms with van der Waals surface area (Å²) in [5, 5.41) is 0.776. The number of aryl methyl sites for hydroxylation is 1. The molecule has 7 nitrogen and oxygen atoms in total. The molecule has 1 aliphatic carbocycles. The Morgan fingerprint density at radius 3 is 3.10 bits per heavy atom. The van der Waals surface area contributed by atoms with Crippen molar-refractivity contribution < 1.29 is 4.79 Å². The fourth-order valence-corrected chi connectivity index (χ4v) is 5.46. The fourth-order valence-electron chi connectivity index (χ4n) is 4.31. The van der Waals surface area contributed by atoms with E-state index >= 15 is 0 Å². The molecule has 4 heterocycles. The number of hydrogen-bond acceptors (Lipinski definition) is 5. The second-order valence-electron chi connectivity index (χ2n) is 7.60. The largest absolute Gasteiger partial charge is 0.337 e. The monoisotopic (exact) mass is 409 g/mol. The van der Waals surface area contributed by atoms with Crippen molar-refractivity contribution in [3.63, 3.8) is 0 Å². The maximum absolute atomic E-state index is 13.1. The summed E-state index contributed by atoms with van der Waals surface area (Å²) in [4.78, 5) is 37.0. The molecule has 1 atom stereocenters. The van der Waals surface area contributed by atoms with Gasteiger partial charge in [-0.3, -0.25) is 14.2 Å². The number of rotatable bonds is 5. The van der Waals surface area contributed by atoms with Crippen LogP contribution in [0.3, 0.4) is 0 Å². The Morgan fingerprint density at radius 2 is 2.24 bits per heavy atom. The molecule has 0 N–H and O–H groups in total. The van der Waals surface area contributed by atoms with E-state index in [4.69, 9.17) is 4.98 Å². The third kappa shape index (κ3) is 3.15. The van der Waals surface area contributed by atoms with E-state index < -0.39 is 0 Å². The third-order valence-corrected chi connectivity index (χ3v) is 6.96. The van der Waals surface area contributed by atoms with E-state index in [1.807, 2.05) is 46.8 Å².